The molecule has 0 atom stereocenters. The number of nitrogen functional groups attached to an aromatic ring is 1. The topological polar surface area (TPSA) is 90.4 Å². The van der Waals surface area contributed by atoms with Crippen LogP contribution in [-0.4, -0.2) is 25.2 Å². The average Bonchev–Trinajstić information content (AvgIpc) is 2.33. The van der Waals surface area contributed by atoms with Crippen molar-refractivity contribution in [2.45, 2.75) is 18.9 Å². The minimum Gasteiger partial charge on any atom is -0.397 e. The van der Waals surface area contributed by atoms with Gasteiger partial charge >= 0.3 is 0 Å². The van der Waals surface area contributed by atoms with Gasteiger partial charge in [0.25, 0.3) is 5.91 Å². The molecule has 0 aliphatic carbocycles. The summed E-state index contributed by atoms with van der Waals surface area (Å²) >= 11 is 0. The molecule has 0 unspecified atom stereocenters. The molecule has 1 aliphatic rings. The Labute approximate surface area is 100 Å². The van der Waals surface area contributed by atoms with Gasteiger partial charge in [0.05, 0.1) is 16.9 Å². The third kappa shape index (κ3) is 2.68. The highest BCUT2D eigenvalue weighted by atomic mass is 16.5. The van der Waals surface area contributed by atoms with Gasteiger partial charge in [0.2, 0.25) is 0 Å². The molecule has 2 rings (SSSR count). The van der Waals surface area contributed by atoms with Crippen molar-refractivity contribution in [2.24, 2.45) is 5.73 Å². The Morgan fingerprint density at radius 1 is 1.35 bits per heavy atom. The minimum atomic E-state index is -0.466. The fourth-order valence-electron chi connectivity index (χ4n) is 1.98. The summed E-state index contributed by atoms with van der Waals surface area (Å²) in [4.78, 5) is 11.3. The van der Waals surface area contributed by atoms with Crippen LogP contribution in [0.1, 0.15) is 23.2 Å². The van der Waals surface area contributed by atoms with Gasteiger partial charge < -0.3 is 21.5 Å². The van der Waals surface area contributed by atoms with Crippen molar-refractivity contribution in [3.05, 3.63) is 23.8 Å². The van der Waals surface area contributed by atoms with Crippen LogP contribution in [0, 0.1) is 0 Å². The summed E-state index contributed by atoms with van der Waals surface area (Å²) in [6.45, 7) is 1.46. The van der Waals surface area contributed by atoms with Gasteiger partial charge in [0.1, 0.15) is 0 Å². The molecule has 0 spiro atoms. The number of primary amides is 1. The van der Waals surface area contributed by atoms with E-state index in [2.05, 4.69) is 5.32 Å². The number of carbonyl (C=O) groups is 1. The van der Waals surface area contributed by atoms with Gasteiger partial charge in [0, 0.05) is 19.3 Å². The molecule has 1 saturated heterocycles. The van der Waals surface area contributed by atoms with Gasteiger partial charge in [-0.3, -0.25) is 4.79 Å². The molecule has 0 saturated carbocycles. The third-order valence-electron chi connectivity index (χ3n) is 2.93. The molecular weight excluding hydrogens is 218 g/mol. The minimum absolute atomic E-state index is 0.284. The second-order valence-electron chi connectivity index (χ2n) is 4.17. The molecule has 1 aliphatic heterocycles. The zero-order valence-electron chi connectivity index (χ0n) is 9.61. The van der Waals surface area contributed by atoms with Crippen LogP contribution < -0.4 is 16.8 Å². The molecule has 0 bridgehead atoms. The highest BCUT2D eigenvalue weighted by molar-refractivity contribution is 6.01. The van der Waals surface area contributed by atoms with Crippen molar-refractivity contribution < 1.29 is 9.53 Å². The number of rotatable bonds is 3. The van der Waals surface area contributed by atoms with Gasteiger partial charge in [-0.25, -0.2) is 0 Å². The molecule has 5 N–H and O–H groups in total. The lowest BCUT2D eigenvalue weighted by molar-refractivity contribution is 0.0904. The lowest BCUT2D eigenvalue weighted by atomic mass is 10.1. The normalized spacial score (nSPS) is 16.7. The third-order valence-corrected chi connectivity index (χ3v) is 2.93. The van der Waals surface area contributed by atoms with E-state index in [1.165, 1.54) is 0 Å². The molecule has 17 heavy (non-hydrogen) atoms. The van der Waals surface area contributed by atoms with E-state index in [0.717, 1.165) is 26.1 Å². The van der Waals surface area contributed by atoms with E-state index in [4.69, 9.17) is 16.2 Å². The molecular formula is C12H17N3O2. The first-order valence-electron chi connectivity index (χ1n) is 5.71. The second-order valence-corrected chi connectivity index (χ2v) is 4.17. The predicted octanol–water partition coefficient (Wildman–Crippen LogP) is 0.959. The Morgan fingerprint density at radius 2 is 2.06 bits per heavy atom. The Morgan fingerprint density at radius 3 is 2.71 bits per heavy atom. The first-order chi connectivity index (χ1) is 8.18. The highest BCUT2D eigenvalue weighted by Gasteiger charge is 2.17. The van der Waals surface area contributed by atoms with Crippen molar-refractivity contribution in [2.75, 3.05) is 24.3 Å². The maximum atomic E-state index is 11.3. The number of hydrogen-bond donors (Lipinski definition) is 3. The van der Waals surface area contributed by atoms with Crippen molar-refractivity contribution in [1.82, 2.24) is 0 Å². The SMILES string of the molecule is NC(=O)c1cccc(N)c1NC1CCOCC1. The van der Waals surface area contributed by atoms with Gasteiger partial charge in [-0.2, -0.15) is 0 Å². The monoisotopic (exact) mass is 235 g/mol. The standard InChI is InChI=1S/C12H17N3O2/c13-10-3-1-2-9(12(14)16)11(10)15-8-4-6-17-7-5-8/h1-3,8,15H,4-7,13H2,(H2,14,16). The summed E-state index contributed by atoms with van der Waals surface area (Å²) in [7, 11) is 0. The van der Waals surface area contributed by atoms with E-state index in [0.29, 0.717) is 16.9 Å². The molecule has 1 aromatic carbocycles. The Hall–Kier alpha value is -1.75. The quantitative estimate of drug-likeness (QED) is 0.680. The van der Waals surface area contributed by atoms with E-state index in [9.17, 15) is 4.79 Å². The molecule has 92 valence electrons. The number of benzene rings is 1. The van der Waals surface area contributed by atoms with E-state index in [-0.39, 0.29) is 6.04 Å². The van der Waals surface area contributed by atoms with Crippen molar-refractivity contribution in [3.8, 4) is 0 Å². The molecule has 0 radical (unpaired) electrons. The van der Waals surface area contributed by atoms with Crippen LogP contribution in [0.25, 0.3) is 0 Å². The number of anilines is 2. The fourth-order valence-corrected chi connectivity index (χ4v) is 1.98. The molecule has 1 amide bonds. The zero-order chi connectivity index (χ0) is 12.3. The summed E-state index contributed by atoms with van der Waals surface area (Å²) in [5.74, 6) is -0.466. The maximum Gasteiger partial charge on any atom is 0.250 e. The number of nitrogens with two attached hydrogens (primary N) is 2. The van der Waals surface area contributed by atoms with E-state index in [1.54, 1.807) is 18.2 Å². The summed E-state index contributed by atoms with van der Waals surface area (Å²) in [6.07, 6.45) is 1.82. The van der Waals surface area contributed by atoms with E-state index < -0.39 is 5.91 Å². The van der Waals surface area contributed by atoms with Crippen LogP contribution >= 0.6 is 0 Å². The lowest BCUT2D eigenvalue weighted by Crippen LogP contribution is -2.29. The Balaban J connectivity index is 2.21. The van der Waals surface area contributed by atoms with Crippen molar-refractivity contribution in [1.29, 1.82) is 0 Å². The molecule has 1 aromatic rings. The number of amides is 1. The summed E-state index contributed by atoms with van der Waals surface area (Å²) < 4.78 is 5.28. The number of nitrogens with one attached hydrogen (secondary N) is 1. The molecule has 1 fully saturated rings. The highest BCUT2D eigenvalue weighted by Crippen LogP contribution is 2.25. The maximum absolute atomic E-state index is 11.3. The van der Waals surface area contributed by atoms with Gasteiger partial charge in [-0.1, -0.05) is 6.07 Å². The van der Waals surface area contributed by atoms with Crippen LogP contribution in [0.5, 0.6) is 0 Å². The summed E-state index contributed by atoms with van der Waals surface area (Å²) in [5.41, 5.74) is 12.8. The number of para-hydroxylation sites is 1. The Bertz CT molecular complexity index is 414. The van der Waals surface area contributed by atoms with Crippen molar-refractivity contribution >= 4 is 17.3 Å². The smallest absolute Gasteiger partial charge is 0.250 e. The molecule has 0 aromatic heterocycles. The van der Waals surface area contributed by atoms with Crippen LogP contribution in [0.15, 0.2) is 18.2 Å². The van der Waals surface area contributed by atoms with Gasteiger partial charge in [-0.15, -0.1) is 0 Å². The lowest BCUT2D eigenvalue weighted by Gasteiger charge is -2.25. The van der Waals surface area contributed by atoms with Crippen LogP contribution in [-0.2, 0) is 4.74 Å². The average molecular weight is 235 g/mol. The first kappa shape index (κ1) is 11.7. The van der Waals surface area contributed by atoms with E-state index in [1.807, 2.05) is 0 Å². The van der Waals surface area contributed by atoms with Crippen LogP contribution in [0.4, 0.5) is 11.4 Å². The summed E-state index contributed by atoms with van der Waals surface area (Å²) in [6, 6.07) is 5.45. The van der Waals surface area contributed by atoms with E-state index >= 15 is 0 Å². The second kappa shape index (κ2) is 5.05. The number of carbonyl (C=O) groups excluding carboxylic acids is 1. The zero-order valence-corrected chi connectivity index (χ0v) is 9.61. The predicted molar refractivity (Wildman–Crippen MR) is 66.8 cm³/mol. The van der Waals surface area contributed by atoms with Gasteiger partial charge in [0.15, 0.2) is 0 Å². The number of ether oxygens (including phenoxy) is 1. The summed E-state index contributed by atoms with van der Waals surface area (Å²) in [5, 5.41) is 3.29. The molecule has 1 heterocycles. The largest absolute Gasteiger partial charge is 0.397 e. The molecule has 5 nitrogen and oxygen atoms in total. The van der Waals surface area contributed by atoms with Crippen molar-refractivity contribution in [3.63, 3.8) is 0 Å². The van der Waals surface area contributed by atoms with Crippen LogP contribution in [0.3, 0.4) is 0 Å². The fraction of sp³-hybridized carbons (Fsp3) is 0.417. The number of hydrogen-bond acceptors (Lipinski definition) is 4. The van der Waals surface area contributed by atoms with Gasteiger partial charge in [-0.05, 0) is 25.0 Å². The first-order valence-corrected chi connectivity index (χ1v) is 5.71. The molecule has 5 heteroatoms. The van der Waals surface area contributed by atoms with Crippen LogP contribution in [0.2, 0.25) is 0 Å². The Kier molecular flexibility index (Phi) is 3.49.